The van der Waals surface area contributed by atoms with Crippen LogP contribution in [-0.4, -0.2) is 17.2 Å². The van der Waals surface area contributed by atoms with Crippen LogP contribution in [0.1, 0.15) is 20.8 Å². The van der Waals surface area contributed by atoms with E-state index in [4.69, 9.17) is 0 Å². The molecule has 0 saturated carbocycles. The largest absolute Gasteiger partial charge is 0.351 e. The predicted molar refractivity (Wildman–Crippen MR) is 65.1 cm³/mol. The number of thioether (sulfide) groups is 1. The molecular formula is C12H17NOS. The molecule has 3 heteroatoms. The monoisotopic (exact) mass is 223 g/mol. The van der Waals surface area contributed by atoms with Crippen molar-refractivity contribution in [3.05, 3.63) is 30.3 Å². The fourth-order valence-corrected chi connectivity index (χ4v) is 1.84. The summed E-state index contributed by atoms with van der Waals surface area (Å²) in [5.41, 5.74) is -0.145. The fourth-order valence-electron chi connectivity index (χ4n) is 1.12. The number of carbonyl (C=O) groups excluding carboxylic acids is 1. The van der Waals surface area contributed by atoms with Crippen molar-refractivity contribution in [1.29, 1.82) is 0 Å². The Morgan fingerprint density at radius 2 is 1.87 bits per heavy atom. The summed E-state index contributed by atoms with van der Waals surface area (Å²) in [5, 5.41) is 2.93. The smallest absolute Gasteiger partial charge is 0.230 e. The van der Waals surface area contributed by atoms with Crippen LogP contribution in [0.15, 0.2) is 35.2 Å². The molecule has 0 atom stereocenters. The molecule has 0 aliphatic heterocycles. The second-order valence-electron chi connectivity index (χ2n) is 4.40. The minimum absolute atomic E-state index is 0.0800. The van der Waals surface area contributed by atoms with Gasteiger partial charge in [0, 0.05) is 10.4 Å². The van der Waals surface area contributed by atoms with E-state index in [0.29, 0.717) is 5.75 Å². The predicted octanol–water partition coefficient (Wildman–Crippen LogP) is 2.69. The molecule has 0 radical (unpaired) electrons. The van der Waals surface area contributed by atoms with Gasteiger partial charge in [-0.15, -0.1) is 11.8 Å². The highest BCUT2D eigenvalue weighted by Crippen LogP contribution is 2.16. The summed E-state index contributed by atoms with van der Waals surface area (Å²) in [6.07, 6.45) is 0. The van der Waals surface area contributed by atoms with Gasteiger partial charge in [0.25, 0.3) is 0 Å². The number of nitrogens with one attached hydrogen (secondary N) is 1. The van der Waals surface area contributed by atoms with Gasteiger partial charge in [0.15, 0.2) is 0 Å². The zero-order valence-electron chi connectivity index (χ0n) is 9.41. The standard InChI is InChI=1S/C12H17NOS/c1-12(2,3)13-11(14)9-15-10-7-5-4-6-8-10/h4-8H,9H2,1-3H3,(H,13,14). The number of carbonyl (C=O) groups is 1. The first-order valence-electron chi connectivity index (χ1n) is 4.96. The van der Waals surface area contributed by atoms with Crippen LogP contribution in [0.4, 0.5) is 0 Å². The van der Waals surface area contributed by atoms with Crippen LogP contribution in [-0.2, 0) is 4.79 Å². The Kier molecular flexibility index (Phi) is 4.21. The van der Waals surface area contributed by atoms with Gasteiger partial charge in [-0.2, -0.15) is 0 Å². The highest BCUT2D eigenvalue weighted by molar-refractivity contribution is 8.00. The molecule has 0 unspecified atom stereocenters. The lowest BCUT2D eigenvalue weighted by Crippen LogP contribution is -2.41. The van der Waals surface area contributed by atoms with Gasteiger partial charge in [0.1, 0.15) is 0 Å². The summed E-state index contributed by atoms with van der Waals surface area (Å²) < 4.78 is 0. The lowest BCUT2D eigenvalue weighted by molar-refractivity contribution is -0.119. The van der Waals surface area contributed by atoms with Crippen LogP contribution in [0.2, 0.25) is 0 Å². The zero-order chi connectivity index (χ0) is 11.3. The molecule has 0 aromatic heterocycles. The van der Waals surface area contributed by atoms with E-state index in [1.54, 1.807) is 11.8 Å². The Hall–Kier alpha value is -0.960. The van der Waals surface area contributed by atoms with Crippen LogP contribution < -0.4 is 5.32 Å². The van der Waals surface area contributed by atoms with Crippen molar-refractivity contribution in [1.82, 2.24) is 5.32 Å². The average molecular weight is 223 g/mol. The summed E-state index contributed by atoms with van der Waals surface area (Å²) in [4.78, 5) is 12.6. The highest BCUT2D eigenvalue weighted by atomic mass is 32.2. The van der Waals surface area contributed by atoms with Gasteiger partial charge in [-0.05, 0) is 32.9 Å². The third-order valence-electron chi connectivity index (χ3n) is 1.63. The summed E-state index contributed by atoms with van der Waals surface area (Å²) in [6, 6.07) is 9.94. The molecule has 0 saturated heterocycles. The van der Waals surface area contributed by atoms with E-state index >= 15 is 0 Å². The van der Waals surface area contributed by atoms with E-state index in [9.17, 15) is 4.79 Å². The normalized spacial score (nSPS) is 11.1. The van der Waals surface area contributed by atoms with Crippen LogP contribution in [0.3, 0.4) is 0 Å². The van der Waals surface area contributed by atoms with Crippen LogP contribution in [0.5, 0.6) is 0 Å². The molecule has 82 valence electrons. The fraction of sp³-hybridized carbons (Fsp3) is 0.417. The maximum Gasteiger partial charge on any atom is 0.230 e. The zero-order valence-corrected chi connectivity index (χ0v) is 10.2. The maximum atomic E-state index is 11.5. The Morgan fingerprint density at radius 1 is 1.27 bits per heavy atom. The Balaban J connectivity index is 2.35. The van der Waals surface area contributed by atoms with Crippen molar-refractivity contribution >= 4 is 17.7 Å². The highest BCUT2D eigenvalue weighted by Gasteiger charge is 2.13. The first-order chi connectivity index (χ1) is 6.97. The molecule has 1 rings (SSSR count). The Bertz CT molecular complexity index is 316. The Labute approximate surface area is 95.5 Å². The van der Waals surface area contributed by atoms with Gasteiger partial charge in [0.2, 0.25) is 5.91 Å². The molecule has 0 bridgehead atoms. The van der Waals surface area contributed by atoms with Crippen molar-refractivity contribution in [2.24, 2.45) is 0 Å². The molecule has 15 heavy (non-hydrogen) atoms. The molecular weight excluding hydrogens is 206 g/mol. The Morgan fingerprint density at radius 3 is 2.40 bits per heavy atom. The van der Waals surface area contributed by atoms with E-state index in [-0.39, 0.29) is 11.4 Å². The molecule has 2 nitrogen and oxygen atoms in total. The molecule has 1 amide bonds. The van der Waals surface area contributed by atoms with E-state index in [0.717, 1.165) is 4.90 Å². The number of hydrogen-bond donors (Lipinski definition) is 1. The van der Waals surface area contributed by atoms with Crippen LogP contribution >= 0.6 is 11.8 Å². The van der Waals surface area contributed by atoms with Crippen LogP contribution in [0.25, 0.3) is 0 Å². The minimum atomic E-state index is -0.145. The van der Waals surface area contributed by atoms with Crippen molar-refractivity contribution in [3.8, 4) is 0 Å². The first kappa shape index (κ1) is 12.1. The molecule has 1 aromatic rings. The number of benzene rings is 1. The number of hydrogen-bond acceptors (Lipinski definition) is 2. The van der Waals surface area contributed by atoms with Gasteiger partial charge in [-0.1, -0.05) is 18.2 Å². The molecule has 1 N–H and O–H groups in total. The van der Waals surface area contributed by atoms with E-state index in [1.807, 2.05) is 51.1 Å². The van der Waals surface area contributed by atoms with E-state index < -0.39 is 0 Å². The minimum Gasteiger partial charge on any atom is -0.351 e. The first-order valence-corrected chi connectivity index (χ1v) is 5.95. The molecule has 1 aromatic carbocycles. The van der Waals surface area contributed by atoms with Crippen LogP contribution in [0, 0.1) is 0 Å². The van der Waals surface area contributed by atoms with Crippen molar-refractivity contribution < 1.29 is 4.79 Å². The third-order valence-corrected chi connectivity index (χ3v) is 2.64. The number of rotatable bonds is 3. The quantitative estimate of drug-likeness (QED) is 0.798. The summed E-state index contributed by atoms with van der Waals surface area (Å²) in [6.45, 7) is 5.95. The molecule has 0 spiro atoms. The lowest BCUT2D eigenvalue weighted by atomic mass is 10.1. The maximum absolute atomic E-state index is 11.5. The van der Waals surface area contributed by atoms with E-state index in [2.05, 4.69) is 5.32 Å². The third kappa shape index (κ3) is 5.47. The summed E-state index contributed by atoms with van der Waals surface area (Å²) in [7, 11) is 0. The average Bonchev–Trinajstić information content (AvgIpc) is 2.14. The molecule has 0 aliphatic carbocycles. The second-order valence-corrected chi connectivity index (χ2v) is 5.45. The SMILES string of the molecule is CC(C)(C)NC(=O)CSc1ccccc1. The summed E-state index contributed by atoms with van der Waals surface area (Å²) >= 11 is 1.56. The molecule has 0 aliphatic rings. The second kappa shape index (κ2) is 5.21. The van der Waals surface area contributed by atoms with Gasteiger partial charge in [-0.3, -0.25) is 4.79 Å². The van der Waals surface area contributed by atoms with Crippen molar-refractivity contribution in [2.75, 3.05) is 5.75 Å². The van der Waals surface area contributed by atoms with Gasteiger partial charge < -0.3 is 5.32 Å². The topological polar surface area (TPSA) is 29.1 Å². The molecule has 0 heterocycles. The van der Waals surface area contributed by atoms with Crippen molar-refractivity contribution in [2.45, 2.75) is 31.2 Å². The lowest BCUT2D eigenvalue weighted by Gasteiger charge is -2.20. The summed E-state index contributed by atoms with van der Waals surface area (Å²) in [5.74, 6) is 0.553. The number of amides is 1. The van der Waals surface area contributed by atoms with Gasteiger partial charge >= 0.3 is 0 Å². The van der Waals surface area contributed by atoms with Gasteiger partial charge in [-0.25, -0.2) is 0 Å². The van der Waals surface area contributed by atoms with Crippen molar-refractivity contribution in [3.63, 3.8) is 0 Å². The van der Waals surface area contributed by atoms with E-state index in [1.165, 1.54) is 0 Å². The van der Waals surface area contributed by atoms with Gasteiger partial charge in [0.05, 0.1) is 5.75 Å². The molecule has 0 fully saturated rings.